The standard InChI is InChI=1S/C22H22ClN3OS/c1-14-19-10-6-12-25(19)21-16(15-7-2-5-11-20(15)28-21)13-26(14)22(27)24-18-9-4-3-8-17(18)23/h3-4,6,8-10,12,14H,2,5,7,11,13H2,1H3,(H,24,27)/t14-/m1/s1. The van der Waals surface area contributed by atoms with Crippen LogP contribution in [0.3, 0.4) is 0 Å². The molecule has 0 radical (unpaired) electrons. The van der Waals surface area contributed by atoms with E-state index in [4.69, 9.17) is 11.6 Å². The van der Waals surface area contributed by atoms with Gasteiger partial charge in [0.2, 0.25) is 0 Å². The van der Waals surface area contributed by atoms with E-state index in [0.29, 0.717) is 17.3 Å². The summed E-state index contributed by atoms with van der Waals surface area (Å²) in [6.07, 6.45) is 6.90. The first kappa shape index (κ1) is 17.8. The number of anilines is 1. The van der Waals surface area contributed by atoms with Gasteiger partial charge in [-0.25, -0.2) is 4.79 Å². The highest BCUT2D eigenvalue weighted by atomic mass is 35.5. The van der Waals surface area contributed by atoms with Gasteiger partial charge in [0.25, 0.3) is 0 Å². The number of para-hydroxylation sites is 1. The number of halogens is 1. The summed E-state index contributed by atoms with van der Waals surface area (Å²) in [6, 6.07) is 11.4. The smallest absolute Gasteiger partial charge is 0.312 e. The molecule has 2 aliphatic rings. The van der Waals surface area contributed by atoms with E-state index in [0.717, 1.165) is 18.5 Å². The van der Waals surface area contributed by atoms with Crippen molar-refractivity contribution in [3.63, 3.8) is 0 Å². The summed E-state index contributed by atoms with van der Waals surface area (Å²) in [5.41, 5.74) is 4.58. The Balaban J connectivity index is 1.56. The number of amides is 2. The van der Waals surface area contributed by atoms with Crippen molar-refractivity contribution in [1.82, 2.24) is 9.47 Å². The molecular formula is C22H22ClN3OS. The molecule has 3 aromatic rings. The minimum Gasteiger partial charge on any atom is -0.312 e. The van der Waals surface area contributed by atoms with Crippen molar-refractivity contribution < 1.29 is 4.79 Å². The zero-order valence-corrected chi connectivity index (χ0v) is 17.3. The predicted molar refractivity (Wildman–Crippen MR) is 115 cm³/mol. The fraction of sp³-hybridized carbons (Fsp3) is 0.318. The van der Waals surface area contributed by atoms with Gasteiger partial charge in [0, 0.05) is 22.3 Å². The molecular weight excluding hydrogens is 390 g/mol. The van der Waals surface area contributed by atoms with Gasteiger partial charge < -0.3 is 14.8 Å². The Morgan fingerprint density at radius 1 is 1.14 bits per heavy atom. The van der Waals surface area contributed by atoms with Crippen molar-refractivity contribution >= 4 is 34.7 Å². The first-order valence-electron chi connectivity index (χ1n) is 9.76. The van der Waals surface area contributed by atoms with E-state index in [1.807, 2.05) is 34.4 Å². The van der Waals surface area contributed by atoms with Crippen molar-refractivity contribution in [3.8, 4) is 5.00 Å². The number of aryl methyl sites for hydroxylation is 1. The van der Waals surface area contributed by atoms with Crippen LogP contribution >= 0.6 is 22.9 Å². The van der Waals surface area contributed by atoms with Gasteiger partial charge in [0.15, 0.2) is 0 Å². The fourth-order valence-corrected chi connectivity index (χ4v) is 5.95. The lowest BCUT2D eigenvalue weighted by atomic mass is 9.95. The molecule has 144 valence electrons. The molecule has 3 heterocycles. The normalized spacial score (nSPS) is 18.1. The highest BCUT2D eigenvalue weighted by Gasteiger charge is 2.33. The average Bonchev–Trinajstić information content (AvgIpc) is 3.29. The lowest BCUT2D eigenvalue weighted by Gasteiger charge is -2.28. The Labute approximate surface area is 173 Å². The molecule has 1 N–H and O–H groups in total. The van der Waals surface area contributed by atoms with E-state index in [-0.39, 0.29) is 12.1 Å². The lowest BCUT2D eigenvalue weighted by molar-refractivity contribution is 0.189. The second kappa shape index (κ2) is 6.98. The van der Waals surface area contributed by atoms with Gasteiger partial charge in [-0.15, -0.1) is 11.3 Å². The number of nitrogens with zero attached hydrogens (tertiary/aromatic N) is 2. The summed E-state index contributed by atoms with van der Waals surface area (Å²) in [5, 5.41) is 4.85. The number of urea groups is 1. The van der Waals surface area contributed by atoms with Gasteiger partial charge in [-0.3, -0.25) is 0 Å². The number of aromatic nitrogens is 1. The highest BCUT2D eigenvalue weighted by molar-refractivity contribution is 7.15. The topological polar surface area (TPSA) is 37.3 Å². The van der Waals surface area contributed by atoms with Crippen LogP contribution in [-0.2, 0) is 19.4 Å². The second-order valence-corrected chi connectivity index (χ2v) is 9.00. The molecule has 1 aliphatic heterocycles. The summed E-state index contributed by atoms with van der Waals surface area (Å²) in [5.74, 6) is 0. The van der Waals surface area contributed by atoms with E-state index < -0.39 is 0 Å². The Morgan fingerprint density at radius 2 is 1.96 bits per heavy atom. The Bertz CT molecular complexity index is 1050. The molecule has 1 atom stereocenters. The van der Waals surface area contributed by atoms with E-state index in [1.165, 1.54) is 33.8 Å². The van der Waals surface area contributed by atoms with Crippen LogP contribution in [0.2, 0.25) is 5.02 Å². The minimum absolute atomic E-state index is 0.0312. The number of hydrogen-bond acceptors (Lipinski definition) is 2. The van der Waals surface area contributed by atoms with Crippen molar-refractivity contribution in [2.75, 3.05) is 5.32 Å². The molecule has 0 spiro atoms. The Morgan fingerprint density at radius 3 is 2.82 bits per heavy atom. The minimum atomic E-state index is -0.114. The van der Waals surface area contributed by atoms with Crippen molar-refractivity contribution in [2.45, 2.75) is 45.2 Å². The van der Waals surface area contributed by atoms with Crippen LogP contribution in [0.5, 0.6) is 0 Å². The molecule has 0 saturated heterocycles. The number of hydrogen-bond donors (Lipinski definition) is 1. The maximum atomic E-state index is 13.3. The zero-order chi connectivity index (χ0) is 19.3. The molecule has 2 aromatic heterocycles. The molecule has 28 heavy (non-hydrogen) atoms. The number of carbonyl (C=O) groups is 1. The zero-order valence-electron chi connectivity index (χ0n) is 15.7. The van der Waals surface area contributed by atoms with Gasteiger partial charge in [-0.05, 0) is 62.4 Å². The maximum Gasteiger partial charge on any atom is 0.322 e. The van der Waals surface area contributed by atoms with Gasteiger partial charge in [-0.1, -0.05) is 23.7 Å². The third-order valence-electron chi connectivity index (χ3n) is 5.86. The van der Waals surface area contributed by atoms with Crippen molar-refractivity contribution in [3.05, 3.63) is 69.3 Å². The summed E-state index contributed by atoms with van der Waals surface area (Å²) >= 11 is 8.17. The van der Waals surface area contributed by atoms with Crippen molar-refractivity contribution in [2.24, 2.45) is 0 Å². The van der Waals surface area contributed by atoms with E-state index in [2.05, 4.69) is 35.1 Å². The van der Waals surface area contributed by atoms with Crippen LogP contribution in [0.4, 0.5) is 10.5 Å². The van der Waals surface area contributed by atoms with Crippen molar-refractivity contribution in [1.29, 1.82) is 0 Å². The molecule has 0 saturated carbocycles. The number of fused-ring (bicyclic) bond motifs is 5. The lowest BCUT2D eigenvalue weighted by Crippen LogP contribution is -2.36. The summed E-state index contributed by atoms with van der Waals surface area (Å²) in [4.78, 5) is 16.7. The number of thiophene rings is 1. The van der Waals surface area contributed by atoms with E-state index in [9.17, 15) is 4.79 Å². The van der Waals surface area contributed by atoms with E-state index in [1.54, 1.807) is 6.07 Å². The van der Waals surface area contributed by atoms with Gasteiger partial charge >= 0.3 is 6.03 Å². The average molecular weight is 412 g/mol. The fourth-order valence-electron chi connectivity index (χ4n) is 4.36. The van der Waals surface area contributed by atoms with Gasteiger partial charge in [0.05, 0.1) is 23.3 Å². The van der Waals surface area contributed by atoms with Gasteiger partial charge in [0.1, 0.15) is 5.00 Å². The summed E-state index contributed by atoms with van der Waals surface area (Å²) in [7, 11) is 0. The van der Waals surface area contributed by atoms with E-state index >= 15 is 0 Å². The number of benzene rings is 1. The van der Waals surface area contributed by atoms with Crippen LogP contribution in [0.15, 0.2) is 42.6 Å². The van der Waals surface area contributed by atoms with Crippen LogP contribution in [0, 0.1) is 0 Å². The Kier molecular flexibility index (Phi) is 4.44. The SMILES string of the molecule is C[C@@H]1c2cccn2-c2sc3c(c2CN1C(=O)Nc1ccccc1Cl)CCCC3. The molecule has 0 fully saturated rings. The molecule has 5 rings (SSSR count). The largest absolute Gasteiger partial charge is 0.322 e. The van der Waals surface area contributed by atoms with Crippen LogP contribution in [-0.4, -0.2) is 15.5 Å². The summed E-state index contributed by atoms with van der Waals surface area (Å²) < 4.78 is 2.28. The second-order valence-electron chi connectivity index (χ2n) is 7.51. The molecule has 4 nitrogen and oxygen atoms in total. The maximum absolute atomic E-state index is 13.3. The quantitative estimate of drug-likeness (QED) is 0.510. The first-order valence-corrected chi connectivity index (χ1v) is 11.0. The third-order valence-corrected chi connectivity index (χ3v) is 7.52. The third kappa shape index (κ3) is 2.85. The molecule has 2 amide bonds. The highest BCUT2D eigenvalue weighted by Crippen LogP contribution is 2.42. The monoisotopic (exact) mass is 411 g/mol. The van der Waals surface area contributed by atoms with Crippen LogP contribution in [0.25, 0.3) is 5.00 Å². The van der Waals surface area contributed by atoms with Crippen LogP contribution < -0.4 is 5.32 Å². The Hall–Kier alpha value is -2.24. The van der Waals surface area contributed by atoms with Gasteiger partial charge in [-0.2, -0.15) is 0 Å². The molecule has 0 unspecified atom stereocenters. The molecule has 1 aromatic carbocycles. The summed E-state index contributed by atoms with van der Waals surface area (Å²) in [6.45, 7) is 2.72. The number of carbonyl (C=O) groups excluding carboxylic acids is 1. The number of rotatable bonds is 1. The predicted octanol–water partition coefficient (Wildman–Crippen LogP) is 6.18. The molecule has 1 aliphatic carbocycles. The number of nitrogens with one attached hydrogen (secondary N) is 1. The molecule has 0 bridgehead atoms. The van der Waals surface area contributed by atoms with Crippen LogP contribution in [0.1, 0.15) is 47.5 Å². The first-order chi connectivity index (χ1) is 13.6. The molecule has 6 heteroatoms.